The third-order valence-corrected chi connectivity index (χ3v) is 12.2. The van der Waals surface area contributed by atoms with Crippen LogP contribution in [0, 0.1) is 19.8 Å². The maximum absolute atomic E-state index is 13.5. The molecule has 4 aliphatic heterocycles. The Bertz CT molecular complexity index is 1860. The van der Waals surface area contributed by atoms with Gasteiger partial charge in [0.2, 0.25) is 11.8 Å². The molecule has 2 unspecified atom stereocenters. The van der Waals surface area contributed by atoms with Crippen molar-refractivity contribution in [1.82, 2.24) is 30.9 Å². The lowest BCUT2D eigenvalue weighted by molar-refractivity contribution is -0.226. The van der Waals surface area contributed by atoms with E-state index >= 15 is 0 Å². The molecule has 19 nitrogen and oxygen atoms in total. The summed E-state index contributed by atoms with van der Waals surface area (Å²) >= 11 is 0. The van der Waals surface area contributed by atoms with Crippen LogP contribution in [0.1, 0.15) is 97.3 Å². The molecule has 4 bridgehead atoms. The quantitative estimate of drug-likeness (QED) is 0.193. The first-order valence-corrected chi connectivity index (χ1v) is 22.2. The minimum atomic E-state index is -2.11. The van der Waals surface area contributed by atoms with Gasteiger partial charge in [-0.05, 0) is 62.8 Å². The van der Waals surface area contributed by atoms with Gasteiger partial charge in [-0.2, -0.15) is 0 Å². The summed E-state index contributed by atoms with van der Waals surface area (Å²) in [5, 5.41) is 61.8. The molecule has 1 aromatic carbocycles. The van der Waals surface area contributed by atoms with Gasteiger partial charge in [-0.25, -0.2) is 9.48 Å². The molecule has 19 heteroatoms. The SMILES string of the molecule is Cc1cc2cc(C)c1OCCCOC[C@H](NC(=O)C1CCCOC1)COC/C=C/C[C@]1(C(=O)O)C[C@H](O)C(NC(=O)Cn3cc(C4CCCCC4)nn3)[C@@H](O1)[C@H](O)[C@H](O)CNC2=O. The molecule has 7 rings (SSSR count). The molecule has 2 aromatic rings. The van der Waals surface area contributed by atoms with Gasteiger partial charge in [0.1, 0.15) is 24.5 Å². The van der Waals surface area contributed by atoms with E-state index in [4.69, 9.17) is 23.7 Å². The summed E-state index contributed by atoms with van der Waals surface area (Å²) in [6, 6.07) is 1.39. The maximum Gasteiger partial charge on any atom is 0.336 e. The number of carboxylic acid groups (broad SMARTS) is 1. The van der Waals surface area contributed by atoms with Crippen LogP contribution in [0.3, 0.4) is 0 Å². The predicted molar refractivity (Wildman–Crippen MR) is 225 cm³/mol. The molecule has 63 heavy (non-hydrogen) atoms. The second-order valence-electron chi connectivity index (χ2n) is 17.2. The Hall–Kier alpha value is -4.50. The molecule has 5 aliphatic rings. The molecule has 1 aromatic heterocycles. The molecule has 3 fully saturated rings. The van der Waals surface area contributed by atoms with Gasteiger partial charge in [0, 0.05) is 56.7 Å². The Labute approximate surface area is 367 Å². The van der Waals surface area contributed by atoms with Crippen molar-refractivity contribution < 1.29 is 63.3 Å². The topological polar surface area (TPSA) is 262 Å². The Balaban J connectivity index is 1.20. The number of nitrogens with one attached hydrogen (secondary N) is 3. The maximum atomic E-state index is 13.5. The summed E-state index contributed by atoms with van der Waals surface area (Å²) in [4.78, 5) is 52.9. The van der Waals surface area contributed by atoms with Gasteiger partial charge in [-0.3, -0.25) is 14.4 Å². The molecular formula is C44H64N6O13. The van der Waals surface area contributed by atoms with E-state index in [9.17, 15) is 39.6 Å². The van der Waals surface area contributed by atoms with Crippen molar-refractivity contribution in [3.05, 3.63) is 52.9 Å². The van der Waals surface area contributed by atoms with Gasteiger partial charge in [0.25, 0.3) is 5.91 Å². The number of benzene rings is 1. The predicted octanol–water partition coefficient (Wildman–Crippen LogP) is 1.23. The van der Waals surface area contributed by atoms with Gasteiger partial charge in [0.15, 0.2) is 5.60 Å². The molecule has 1 saturated carbocycles. The fraction of sp³-hybridized carbons (Fsp3) is 0.682. The standard InChI is InChI=1S/C44H64N6O13/c1-27-18-31-19-28(2)39(27)62-17-9-16-61-26-32(46-42(56)30-12-8-15-59-24-30)25-60-14-7-6-13-44(43(57)58)20-34(51)37(40(63-44)38(54)35(52)21-45-41(31)55)47-36(53)23-50-22-33(48-49-50)29-10-4-3-5-11-29/h6-7,18-19,22,29-30,32,34-35,37-38,40,51-52,54H,3-5,8-17,20-21,23-26H2,1-2H3,(H,45,55)(H,46,56)(H,47,53)(H,57,58)/b7-6+/t30?,32-,34+,35-,37?,38-,40-,44-/m1/s1. The van der Waals surface area contributed by atoms with E-state index in [0.717, 1.165) is 37.8 Å². The van der Waals surface area contributed by atoms with Crippen molar-refractivity contribution in [2.45, 2.75) is 133 Å². The highest BCUT2D eigenvalue weighted by molar-refractivity contribution is 5.95. The summed E-state index contributed by atoms with van der Waals surface area (Å²) in [6.07, 6.45) is 4.53. The van der Waals surface area contributed by atoms with Gasteiger partial charge in [-0.15, -0.1) is 5.10 Å². The zero-order valence-electron chi connectivity index (χ0n) is 36.2. The van der Waals surface area contributed by atoms with Crippen LogP contribution in [-0.4, -0.2) is 154 Å². The van der Waals surface area contributed by atoms with E-state index in [-0.39, 0.29) is 56.1 Å². The van der Waals surface area contributed by atoms with E-state index in [0.29, 0.717) is 56.1 Å². The van der Waals surface area contributed by atoms with E-state index in [2.05, 4.69) is 26.3 Å². The van der Waals surface area contributed by atoms with Crippen molar-refractivity contribution in [1.29, 1.82) is 0 Å². The molecule has 8 atom stereocenters. The van der Waals surface area contributed by atoms with Crippen LogP contribution in [0.5, 0.6) is 5.75 Å². The molecule has 0 spiro atoms. The normalized spacial score (nSPS) is 30.4. The zero-order chi connectivity index (χ0) is 44.9. The monoisotopic (exact) mass is 884 g/mol. The number of ether oxygens (including phenoxy) is 5. The Morgan fingerprint density at radius 3 is 2.35 bits per heavy atom. The van der Waals surface area contributed by atoms with Crippen LogP contribution < -0.4 is 20.7 Å². The number of aromatic nitrogens is 3. The number of hydrogen-bond donors (Lipinski definition) is 7. The third kappa shape index (κ3) is 13.0. The van der Waals surface area contributed by atoms with Crippen LogP contribution in [0.4, 0.5) is 0 Å². The number of carbonyl (C=O) groups excluding carboxylic acids is 3. The number of aryl methyl sites for hydroxylation is 2. The van der Waals surface area contributed by atoms with E-state index in [1.807, 2.05) is 0 Å². The average molecular weight is 885 g/mol. The number of aliphatic hydroxyl groups is 3. The zero-order valence-corrected chi connectivity index (χ0v) is 36.2. The third-order valence-electron chi connectivity index (χ3n) is 12.2. The highest BCUT2D eigenvalue weighted by Crippen LogP contribution is 2.36. The highest BCUT2D eigenvalue weighted by Gasteiger charge is 2.54. The Kier molecular flexibility index (Phi) is 17.4. The largest absolute Gasteiger partial charge is 0.493 e. The first-order valence-electron chi connectivity index (χ1n) is 22.2. The van der Waals surface area contributed by atoms with Crippen molar-refractivity contribution in [3.8, 4) is 5.75 Å². The summed E-state index contributed by atoms with van der Waals surface area (Å²) in [7, 11) is 0. The van der Waals surface area contributed by atoms with Crippen LogP contribution in [0.25, 0.3) is 0 Å². The van der Waals surface area contributed by atoms with Gasteiger partial charge < -0.3 is 60.1 Å². The van der Waals surface area contributed by atoms with Gasteiger partial charge >= 0.3 is 5.97 Å². The lowest BCUT2D eigenvalue weighted by Crippen LogP contribution is -2.67. The molecule has 1 aliphatic carbocycles. The number of fused-ring (bicyclic) bond motifs is 17. The number of amides is 3. The summed E-state index contributed by atoms with van der Waals surface area (Å²) in [5.41, 5.74) is 0.336. The minimum Gasteiger partial charge on any atom is -0.493 e. The number of carbonyl (C=O) groups is 4. The Morgan fingerprint density at radius 1 is 0.889 bits per heavy atom. The average Bonchev–Trinajstić information content (AvgIpc) is 3.74. The van der Waals surface area contributed by atoms with Crippen molar-refractivity contribution in [2.24, 2.45) is 5.92 Å². The minimum absolute atomic E-state index is 0.0241. The van der Waals surface area contributed by atoms with Crippen molar-refractivity contribution >= 4 is 23.7 Å². The molecular weight excluding hydrogens is 821 g/mol. The number of aliphatic hydroxyl groups excluding tert-OH is 3. The second kappa shape index (κ2) is 22.9. The first kappa shape index (κ1) is 48.0. The highest BCUT2D eigenvalue weighted by atomic mass is 16.6. The van der Waals surface area contributed by atoms with Gasteiger partial charge in [-0.1, -0.05) is 36.6 Å². The first-order chi connectivity index (χ1) is 30.3. The van der Waals surface area contributed by atoms with Crippen LogP contribution in [0.2, 0.25) is 0 Å². The lowest BCUT2D eigenvalue weighted by atomic mass is 9.81. The van der Waals surface area contributed by atoms with Gasteiger partial charge in [0.05, 0.1) is 68.9 Å². The smallest absolute Gasteiger partial charge is 0.336 e. The van der Waals surface area contributed by atoms with Crippen molar-refractivity contribution in [2.75, 3.05) is 52.8 Å². The van der Waals surface area contributed by atoms with E-state index in [1.165, 1.54) is 17.2 Å². The molecule has 2 saturated heterocycles. The number of hydrogen-bond acceptors (Lipinski definition) is 14. The number of nitrogens with zero attached hydrogens (tertiary/aromatic N) is 3. The molecule has 5 heterocycles. The van der Waals surface area contributed by atoms with E-state index < -0.39 is 72.8 Å². The van der Waals surface area contributed by atoms with Crippen molar-refractivity contribution in [3.63, 3.8) is 0 Å². The fourth-order valence-corrected chi connectivity index (χ4v) is 8.76. The number of aliphatic carboxylic acids is 1. The number of rotatable bonds is 7. The summed E-state index contributed by atoms with van der Waals surface area (Å²) < 4.78 is 30.9. The summed E-state index contributed by atoms with van der Waals surface area (Å²) in [5.74, 6) is -2.22. The number of carboxylic acids is 1. The summed E-state index contributed by atoms with van der Waals surface area (Å²) in [6.45, 7) is 4.71. The molecule has 0 radical (unpaired) electrons. The lowest BCUT2D eigenvalue weighted by Gasteiger charge is -2.47. The Morgan fingerprint density at radius 2 is 1.62 bits per heavy atom. The van der Waals surface area contributed by atoms with Crippen LogP contribution in [-0.2, 0) is 39.9 Å². The fourth-order valence-electron chi connectivity index (χ4n) is 8.76. The second-order valence-corrected chi connectivity index (χ2v) is 17.2. The molecule has 3 amide bonds. The van der Waals surface area contributed by atoms with Crippen LogP contribution in [0.15, 0.2) is 30.5 Å². The molecule has 7 N–H and O–H groups in total. The molecule has 348 valence electrons. The van der Waals surface area contributed by atoms with E-state index in [1.54, 1.807) is 38.3 Å². The van der Waals surface area contributed by atoms with Crippen LogP contribution >= 0.6 is 0 Å².